The molecule has 7 rings (SSSR count). The molecule has 0 radical (unpaired) electrons. The minimum absolute atomic E-state index is 0.0368. The number of nitrogens with zero attached hydrogens (tertiary/aromatic N) is 4. The Balaban J connectivity index is 1.08. The highest BCUT2D eigenvalue weighted by Crippen LogP contribution is 2.49. The van der Waals surface area contributed by atoms with Gasteiger partial charge in [-0.05, 0) is 78.5 Å². The highest BCUT2D eigenvalue weighted by atomic mass is 32.2. The molecular weight excluding hydrogens is 763 g/mol. The molecule has 15 heteroatoms. The van der Waals surface area contributed by atoms with E-state index in [0.717, 1.165) is 43.4 Å². The number of para-hydroxylation sites is 1. The zero-order chi connectivity index (χ0) is 37.7. The number of hydrogen-bond donors (Lipinski definition) is 1. The maximum Gasteiger partial charge on any atom is 0.316 e. The van der Waals surface area contributed by atoms with E-state index in [2.05, 4.69) is 14.9 Å². The first kappa shape index (κ1) is 37.1. The van der Waals surface area contributed by atoms with Crippen LogP contribution in [0, 0.1) is 0 Å². The second-order valence-electron chi connectivity index (χ2n) is 11.8. The van der Waals surface area contributed by atoms with Gasteiger partial charge in [-0.2, -0.15) is 0 Å². The van der Waals surface area contributed by atoms with E-state index >= 15 is 0 Å². The Kier molecular flexibility index (Phi) is 11.3. The van der Waals surface area contributed by atoms with E-state index in [-0.39, 0.29) is 16.6 Å². The molecule has 1 aliphatic rings. The molecule has 274 valence electrons. The Morgan fingerprint density at radius 2 is 1.59 bits per heavy atom. The van der Waals surface area contributed by atoms with E-state index in [1.807, 2.05) is 83.6 Å². The first-order valence-corrected chi connectivity index (χ1v) is 21.0. The first-order valence-electron chi connectivity index (χ1n) is 16.5. The molecule has 0 fully saturated rings. The second-order valence-corrected chi connectivity index (χ2v) is 16.4. The SMILES string of the molecule is COc1ccc(NS(=O)(=O)c2cccc(-c3nnc(SCC(=O)OCC(=O)N4c5ccccc5Sc5ccc(SC)cc54)n3Cc3ccccc3)c2)cc1. The Morgan fingerprint density at radius 1 is 0.833 bits per heavy atom. The van der Waals surface area contributed by atoms with Crippen molar-refractivity contribution in [1.82, 2.24) is 14.8 Å². The van der Waals surface area contributed by atoms with Crippen LogP contribution in [0.3, 0.4) is 0 Å². The van der Waals surface area contributed by atoms with Gasteiger partial charge in [-0.15, -0.1) is 22.0 Å². The highest BCUT2D eigenvalue weighted by molar-refractivity contribution is 8.00. The number of carbonyl (C=O) groups excluding carboxylic acids is 2. The van der Waals surface area contributed by atoms with Crippen molar-refractivity contribution in [3.63, 3.8) is 0 Å². The minimum Gasteiger partial charge on any atom is -0.497 e. The van der Waals surface area contributed by atoms with Crippen molar-refractivity contribution in [1.29, 1.82) is 0 Å². The lowest BCUT2D eigenvalue weighted by atomic mass is 10.2. The summed E-state index contributed by atoms with van der Waals surface area (Å²) in [5.74, 6) is -0.0886. The molecule has 0 saturated heterocycles. The topological polar surface area (TPSA) is 133 Å². The molecule has 2 heterocycles. The van der Waals surface area contributed by atoms with E-state index in [0.29, 0.717) is 34.5 Å². The van der Waals surface area contributed by atoms with Gasteiger partial charge in [0.05, 0.1) is 35.7 Å². The molecule has 0 saturated carbocycles. The molecular formula is C39H33N5O6S4. The maximum atomic E-state index is 13.7. The fraction of sp³-hybridized carbons (Fsp3) is 0.128. The molecule has 1 aliphatic heterocycles. The van der Waals surface area contributed by atoms with Gasteiger partial charge in [-0.25, -0.2) is 8.42 Å². The Labute approximate surface area is 325 Å². The number of ether oxygens (including phenoxy) is 2. The van der Waals surface area contributed by atoms with Gasteiger partial charge in [0.2, 0.25) is 0 Å². The molecule has 0 unspecified atom stereocenters. The smallest absolute Gasteiger partial charge is 0.316 e. The number of sulfonamides is 1. The van der Waals surface area contributed by atoms with E-state index in [1.165, 1.54) is 19.2 Å². The summed E-state index contributed by atoms with van der Waals surface area (Å²) >= 11 is 4.29. The summed E-state index contributed by atoms with van der Waals surface area (Å²) in [6.07, 6.45) is 1.98. The number of rotatable bonds is 13. The van der Waals surface area contributed by atoms with Crippen LogP contribution in [0.2, 0.25) is 0 Å². The monoisotopic (exact) mass is 795 g/mol. The van der Waals surface area contributed by atoms with E-state index < -0.39 is 22.6 Å². The highest BCUT2D eigenvalue weighted by Gasteiger charge is 2.29. The molecule has 0 aliphatic carbocycles. The first-order chi connectivity index (χ1) is 26.2. The van der Waals surface area contributed by atoms with E-state index in [1.54, 1.807) is 64.8 Å². The molecule has 11 nitrogen and oxygen atoms in total. The Morgan fingerprint density at radius 3 is 2.37 bits per heavy atom. The van der Waals surface area contributed by atoms with Gasteiger partial charge < -0.3 is 9.47 Å². The quantitative estimate of drug-likeness (QED) is 0.0901. The van der Waals surface area contributed by atoms with E-state index in [9.17, 15) is 18.0 Å². The number of hydrogen-bond acceptors (Lipinski definition) is 11. The van der Waals surface area contributed by atoms with Crippen molar-refractivity contribution in [2.75, 3.05) is 35.3 Å². The van der Waals surface area contributed by atoms with Gasteiger partial charge in [0.1, 0.15) is 5.75 Å². The third kappa shape index (κ3) is 8.29. The molecule has 6 aromatic rings. The van der Waals surface area contributed by atoms with Crippen molar-refractivity contribution < 1.29 is 27.5 Å². The van der Waals surface area contributed by atoms with Crippen molar-refractivity contribution in [2.45, 2.75) is 31.3 Å². The van der Waals surface area contributed by atoms with Crippen LogP contribution in [-0.2, 0) is 30.9 Å². The lowest BCUT2D eigenvalue weighted by Gasteiger charge is -2.31. The van der Waals surface area contributed by atoms with Gasteiger partial charge in [0.25, 0.3) is 15.9 Å². The summed E-state index contributed by atoms with van der Waals surface area (Å²) in [5.41, 5.74) is 3.33. The van der Waals surface area contributed by atoms with Gasteiger partial charge in [0.15, 0.2) is 17.6 Å². The third-order valence-electron chi connectivity index (χ3n) is 8.30. The largest absolute Gasteiger partial charge is 0.497 e. The van der Waals surface area contributed by atoms with Crippen LogP contribution in [0.1, 0.15) is 5.56 Å². The number of anilines is 3. The van der Waals surface area contributed by atoms with Crippen LogP contribution in [0.5, 0.6) is 5.75 Å². The summed E-state index contributed by atoms with van der Waals surface area (Å²) in [7, 11) is -2.42. The molecule has 1 amide bonds. The van der Waals surface area contributed by atoms with Gasteiger partial charge in [-0.1, -0.05) is 78.1 Å². The summed E-state index contributed by atoms with van der Waals surface area (Å²) in [6, 6.07) is 36.3. The molecule has 1 aromatic heterocycles. The zero-order valence-electron chi connectivity index (χ0n) is 29.0. The second kappa shape index (κ2) is 16.4. The standard InChI is InChI=1S/C39H33N5O6S4/c1-49-29-17-15-28(16-18-29)42-54(47,48)31-12-8-11-27(21-31)38-40-41-39(43(38)23-26-9-4-3-5-10-26)52-25-37(46)50-24-36(45)44-32-13-6-7-14-34(32)53-35-20-19-30(51-2)22-33(35)44/h3-22,42H,23-25H2,1-2H3. The van der Waals surface area contributed by atoms with Crippen LogP contribution in [0.15, 0.2) is 146 Å². The average molecular weight is 796 g/mol. The lowest BCUT2D eigenvalue weighted by Crippen LogP contribution is -2.32. The molecule has 0 spiro atoms. The van der Waals surface area contributed by atoms with Gasteiger partial charge in [0, 0.05) is 25.9 Å². The number of fused-ring (bicyclic) bond motifs is 2. The number of esters is 1. The summed E-state index contributed by atoms with van der Waals surface area (Å²) < 4.78 is 41.9. The number of aromatic nitrogens is 3. The number of amides is 1. The Bertz CT molecular complexity index is 2420. The molecule has 0 bridgehead atoms. The third-order valence-corrected chi connectivity index (χ3v) is 12.5. The van der Waals surface area contributed by atoms with Crippen molar-refractivity contribution >= 4 is 74.2 Å². The summed E-state index contributed by atoms with van der Waals surface area (Å²) in [6.45, 7) is -0.0982. The molecule has 54 heavy (non-hydrogen) atoms. The molecule has 1 N–H and O–H groups in total. The minimum atomic E-state index is -3.96. The molecule has 5 aromatic carbocycles. The average Bonchev–Trinajstić information content (AvgIpc) is 3.60. The van der Waals surface area contributed by atoms with Gasteiger partial charge >= 0.3 is 5.97 Å². The summed E-state index contributed by atoms with van der Waals surface area (Å²) in [5, 5.41) is 9.23. The van der Waals surface area contributed by atoms with Crippen molar-refractivity contribution in [2.24, 2.45) is 0 Å². The van der Waals surface area contributed by atoms with Gasteiger partial charge in [-0.3, -0.25) is 23.8 Å². The normalized spacial score (nSPS) is 12.1. The lowest BCUT2D eigenvalue weighted by molar-refractivity contribution is -0.144. The van der Waals surface area contributed by atoms with Crippen molar-refractivity contribution in [3.05, 3.63) is 127 Å². The van der Waals surface area contributed by atoms with Crippen molar-refractivity contribution in [3.8, 4) is 17.1 Å². The van der Waals surface area contributed by atoms with Crippen LogP contribution >= 0.6 is 35.3 Å². The number of benzene rings is 5. The fourth-order valence-electron chi connectivity index (χ4n) is 5.70. The van der Waals surface area contributed by atoms with Crippen LogP contribution in [0.4, 0.5) is 17.1 Å². The van der Waals surface area contributed by atoms with Crippen LogP contribution < -0.4 is 14.4 Å². The fourth-order valence-corrected chi connectivity index (χ4v) is 9.01. The van der Waals surface area contributed by atoms with Crippen LogP contribution in [0.25, 0.3) is 11.4 Å². The zero-order valence-corrected chi connectivity index (χ0v) is 32.3. The number of nitrogens with one attached hydrogen (secondary N) is 1. The predicted octanol–water partition coefficient (Wildman–Crippen LogP) is 7.99. The number of thioether (sulfide) groups is 2. The number of carbonyl (C=O) groups is 2. The maximum absolute atomic E-state index is 13.7. The predicted molar refractivity (Wildman–Crippen MR) is 212 cm³/mol. The Hall–Kier alpha value is -5.22. The molecule has 0 atom stereocenters. The summed E-state index contributed by atoms with van der Waals surface area (Å²) in [4.78, 5) is 31.4. The van der Waals surface area contributed by atoms with E-state index in [4.69, 9.17) is 9.47 Å². The number of methoxy groups -OCH3 is 1. The van der Waals surface area contributed by atoms with Crippen LogP contribution in [-0.4, -0.2) is 60.8 Å².